The number of ether oxygens (including phenoxy) is 2. The highest BCUT2D eigenvalue weighted by atomic mass is 16.6. The zero-order chi connectivity index (χ0) is 26.8. The second-order valence-electron chi connectivity index (χ2n) is 11.2. The number of anilines is 1. The van der Waals surface area contributed by atoms with Crippen LogP contribution < -0.4 is 4.90 Å². The minimum Gasteiger partial charge on any atom is -0.465 e. The number of carbonyl (C=O) groups excluding carboxylic acids is 3. The Labute approximate surface area is 219 Å². The first kappa shape index (κ1) is 27.1. The van der Waals surface area contributed by atoms with Crippen molar-refractivity contribution in [2.75, 3.05) is 57.8 Å². The lowest BCUT2D eigenvalue weighted by molar-refractivity contribution is -0.148. The van der Waals surface area contributed by atoms with Gasteiger partial charge in [-0.25, -0.2) is 14.8 Å². The highest BCUT2D eigenvalue weighted by Gasteiger charge is 2.43. The highest BCUT2D eigenvalue weighted by molar-refractivity contribution is 5.82. The fourth-order valence-corrected chi connectivity index (χ4v) is 5.33. The van der Waals surface area contributed by atoms with Crippen molar-refractivity contribution in [1.29, 1.82) is 0 Å². The van der Waals surface area contributed by atoms with Crippen molar-refractivity contribution in [2.24, 2.45) is 0 Å². The van der Waals surface area contributed by atoms with Crippen molar-refractivity contribution in [1.82, 2.24) is 24.7 Å². The molecule has 1 spiro atoms. The zero-order valence-corrected chi connectivity index (χ0v) is 22.8. The molecule has 2 amide bonds. The van der Waals surface area contributed by atoms with Gasteiger partial charge in [0.25, 0.3) is 0 Å². The summed E-state index contributed by atoms with van der Waals surface area (Å²) >= 11 is 0. The van der Waals surface area contributed by atoms with Gasteiger partial charge < -0.3 is 24.2 Å². The number of esters is 1. The van der Waals surface area contributed by atoms with Gasteiger partial charge in [-0.3, -0.25) is 14.5 Å². The molecule has 11 nitrogen and oxygen atoms in total. The topological polar surface area (TPSA) is 108 Å². The smallest absolute Gasteiger partial charge is 0.410 e. The van der Waals surface area contributed by atoms with Gasteiger partial charge >= 0.3 is 12.1 Å². The number of likely N-dealkylation sites (N-methyl/N-ethyl adjacent to an activating group) is 1. The van der Waals surface area contributed by atoms with E-state index in [2.05, 4.69) is 21.8 Å². The van der Waals surface area contributed by atoms with Gasteiger partial charge in [0.2, 0.25) is 11.9 Å². The maximum Gasteiger partial charge on any atom is 0.410 e. The van der Waals surface area contributed by atoms with E-state index < -0.39 is 5.60 Å². The molecule has 1 aromatic heterocycles. The Morgan fingerprint density at radius 3 is 2.62 bits per heavy atom. The van der Waals surface area contributed by atoms with Crippen LogP contribution in [0.1, 0.15) is 58.2 Å². The van der Waals surface area contributed by atoms with Crippen LogP contribution in [0.4, 0.5) is 10.7 Å². The van der Waals surface area contributed by atoms with Gasteiger partial charge in [-0.1, -0.05) is 0 Å². The molecule has 204 valence electrons. The summed E-state index contributed by atoms with van der Waals surface area (Å²) in [6.45, 7) is 11.5. The molecule has 2 fully saturated rings. The first-order valence-corrected chi connectivity index (χ1v) is 13.2. The van der Waals surface area contributed by atoms with Crippen molar-refractivity contribution < 1.29 is 23.9 Å². The van der Waals surface area contributed by atoms with Crippen molar-refractivity contribution in [3.63, 3.8) is 0 Å². The molecular weight excluding hydrogens is 476 g/mol. The molecule has 3 aliphatic heterocycles. The minimum absolute atomic E-state index is 0.00439. The number of fused-ring (bicyclic) bond motifs is 1. The first-order chi connectivity index (χ1) is 17.5. The number of rotatable bonds is 4. The number of carbonyl (C=O) groups is 3. The van der Waals surface area contributed by atoms with Gasteiger partial charge in [0.1, 0.15) is 12.1 Å². The molecule has 4 heterocycles. The van der Waals surface area contributed by atoms with Crippen molar-refractivity contribution in [2.45, 2.75) is 71.1 Å². The summed E-state index contributed by atoms with van der Waals surface area (Å²) in [6, 6.07) is 0. The minimum atomic E-state index is -0.534. The van der Waals surface area contributed by atoms with Gasteiger partial charge in [0.15, 0.2) is 0 Å². The molecule has 2 saturated heterocycles. The van der Waals surface area contributed by atoms with E-state index in [4.69, 9.17) is 14.5 Å². The second kappa shape index (κ2) is 10.8. The Morgan fingerprint density at radius 1 is 1.11 bits per heavy atom. The quantitative estimate of drug-likeness (QED) is 0.554. The first-order valence-electron chi connectivity index (χ1n) is 13.2. The Kier molecular flexibility index (Phi) is 7.91. The van der Waals surface area contributed by atoms with E-state index >= 15 is 0 Å². The largest absolute Gasteiger partial charge is 0.465 e. The molecule has 37 heavy (non-hydrogen) atoms. The number of piperazine rings is 1. The van der Waals surface area contributed by atoms with E-state index in [-0.39, 0.29) is 30.1 Å². The monoisotopic (exact) mass is 516 g/mol. The summed E-state index contributed by atoms with van der Waals surface area (Å²) in [6.07, 6.45) is 4.04. The van der Waals surface area contributed by atoms with E-state index in [1.54, 1.807) is 16.7 Å². The molecule has 3 aliphatic rings. The molecule has 11 heteroatoms. The third kappa shape index (κ3) is 6.31. The van der Waals surface area contributed by atoms with Crippen LogP contribution in [-0.2, 0) is 32.0 Å². The maximum atomic E-state index is 12.8. The van der Waals surface area contributed by atoms with E-state index in [0.29, 0.717) is 58.0 Å². The van der Waals surface area contributed by atoms with Gasteiger partial charge in [-0.2, -0.15) is 0 Å². The number of hydrogen-bond donors (Lipinski definition) is 0. The van der Waals surface area contributed by atoms with Crippen LogP contribution in [0.15, 0.2) is 6.20 Å². The molecule has 0 aliphatic carbocycles. The van der Waals surface area contributed by atoms with Crippen LogP contribution in [0.3, 0.4) is 0 Å². The number of amides is 2. The average Bonchev–Trinajstić information content (AvgIpc) is 2.99. The molecule has 4 rings (SSSR count). The predicted molar refractivity (Wildman–Crippen MR) is 137 cm³/mol. The lowest BCUT2D eigenvalue weighted by atomic mass is 9.86. The Balaban J connectivity index is 1.44. The summed E-state index contributed by atoms with van der Waals surface area (Å²) in [7, 11) is 2.11. The number of aromatic nitrogens is 2. The van der Waals surface area contributed by atoms with E-state index in [1.165, 1.54) is 0 Å². The molecule has 0 bridgehead atoms. The van der Waals surface area contributed by atoms with Gasteiger partial charge in [0.05, 0.1) is 18.8 Å². The fourth-order valence-electron chi connectivity index (χ4n) is 5.33. The number of likely N-dealkylation sites (tertiary alicyclic amines) is 1. The van der Waals surface area contributed by atoms with Crippen LogP contribution in [-0.4, -0.2) is 107 Å². The van der Waals surface area contributed by atoms with Gasteiger partial charge in [-0.05, 0) is 47.6 Å². The predicted octanol–water partition coefficient (Wildman–Crippen LogP) is 1.84. The summed E-state index contributed by atoms with van der Waals surface area (Å²) in [5.74, 6) is 0.323. The Morgan fingerprint density at radius 2 is 1.89 bits per heavy atom. The maximum absolute atomic E-state index is 12.8. The van der Waals surface area contributed by atoms with Crippen molar-refractivity contribution in [3.8, 4) is 0 Å². The Hall–Kier alpha value is -2.95. The highest BCUT2D eigenvalue weighted by Crippen LogP contribution is 2.33. The van der Waals surface area contributed by atoms with Crippen LogP contribution in [0.2, 0.25) is 0 Å². The lowest BCUT2D eigenvalue weighted by Gasteiger charge is -2.49. The normalized spacial score (nSPS) is 23.1. The lowest BCUT2D eigenvalue weighted by Crippen LogP contribution is -2.61. The number of nitrogens with zero attached hydrogens (tertiary/aromatic N) is 6. The summed E-state index contributed by atoms with van der Waals surface area (Å²) in [5.41, 5.74) is 1.17. The van der Waals surface area contributed by atoms with Crippen LogP contribution in [0, 0.1) is 0 Å². The van der Waals surface area contributed by atoms with E-state index in [9.17, 15) is 14.4 Å². The third-order valence-corrected chi connectivity index (χ3v) is 7.49. The van der Waals surface area contributed by atoms with Crippen molar-refractivity contribution >= 4 is 23.9 Å². The number of hydrogen-bond acceptors (Lipinski definition) is 9. The van der Waals surface area contributed by atoms with E-state index in [1.807, 2.05) is 27.0 Å². The summed E-state index contributed by atoms with van der Waals surface area (Å²) in [5, 5.41) is 0. The van der Waals surface area contributed by atoms with Crippen molar-refractivity contribution in [3.05, 3.63) is 17.5 Å². The fraction of sp³-hybridized carbons (Fsp3) is 0.731. The molecule has 0 radical (unpaired) electrons. The average molecular weight is 517 g/mol. The SMILES string of the molecule is CCOC(=O)CN1CCC2(CCC1=O)CN(c1ncc3c(n1)CCN(C(=O)OC(C)(C)C)C3)CCN2C. The van der Waals surface area contributed by atoms with Gasteiger partial charge in [0, 0.05) is 62.9 Å². The summed E-state index contributed by atoms with van der Waals surface area (Å²) < 4.78 is 10.6. The molecule has 1 atom stereocenters. The molecular formula is C26H40N6O5. The summed E-state index contributed by atoms with van der Waals surface area (Å²) in [4.78, 5) is 54.7. The third-order valence-electron chi connectivity index (χ3n) is 7.49. The second-order valence-corrected chi connectivity index (χ2v) is 11.2. The molecule has 1 unspecified atom stereocenters. The zero-order valence-electron chi connectivity index (χ0n) is 22.8. The standard InChI is InChI=1S/C26H40N6O5/c1-6-36-22(34)17-30-12-10-26(9-7-21(30)33)18-32(14-13-29(26)5)23-27-15-19-16-31(11-8-20(19)28-23)24(35)37-25(2,3)4/h15H,6-14,16-18H2,1-5H3. The van der Waals surface area contributed by atoms with Crippen LogP contribution in [0.5, 0.6) is 0 Å². The molecule has 0 aromatic carbocycles. The molecule has 1 aromatic rings. The molecule has 0 saturated carbocycles. The molecule has 0 N–H and O–H groups in total. The van der Waals surface area contributed by atoms with Crippen LogP contribution in [0.25, 0.3) is 0 Å². The van der Waals surface area contributed by atoms with E-state index in [0.717, 1.165) is 30.8 Å². The van der Waals surface area contributed by atoms with Crippen LogP contribution >= 0.6 is 0 Å². The van der Waals surface area contributed by atoms with Gasteiger partial charge in [-0.15, -0.1) is 0 Å². The Bertz CT molecular complexity index is 1030.